The normalized spacial score (nSPS) is 10.2. The first kappa shape index (κ1) is 16.1. The van der Waals surface area contributed by atoms with Crippen molar-refractivity contribution in [3.63, 3.8) is 0 Å². The highest BCUT2D eigenvalue weighted by Gasteiger charge is 2.18. The van der Waals surface area contributed by atoms with Crippen LogP contribution < -0.4 is 0 Å². The van der Waals surface area contributed by atoms with Gasteiger partial charge >= 0.3 is 11.9 Å². The molecule has 0 atom stereocenters. The Hall–Kier alpha value is -1.98. The minimum atomic E-state index is -0.566. The van der Waals surface area contributed by atoms with Gasteiger partial charge in [0, 0.05) is 0 Å². The van der Waals surface area contributed by atoms with E-state index in [0.717, 1.165) is 25.7 Å². The molecule has 1 heterocycles. The van der Waals surface area contributed by atoms with Gasteiger partial charge in [-0.25, -0.2) is 9.59 Å². The van der Waals surface area contributed by atoms with Crippen LogP contribution in [0.2, 0.25) is 0 Å². The molecule has 20 heavy (non-hydrogen) atoms. The van der Waals surface area contributed by atoms with Crippen molar-refractivity contribution < 1.29 is 19.1 Å². The van der Waals surface area contributed by atoms with E-state index in [-0.39, 0.29) is 11.4 Å². The molecule has 0 amide bonds. The van der Waals surface area contributed by atoms with Crippen molar-refractivity contribution in [1.29, 1.82) is 0 Å². The zero-order valence-corrected chi connectivity index (χ0v) is 12.1. The summed E-state index contributed by atoms with van der Waals surface area (Å²) in [5, 5.41) is 7.49. The van der Waals surface area contributed by atoms with Crippen molar-refractivity contribution in [2.24, 2.45) is 0 Å². The van der Waals surface area contributed by atoms with Gasteiger partial charge < -0.3 is 9.47 Å². The van der Waals surface area contributed by atoms with E-state index in [4.69, 9.17) is 0 Å². The van der Waals surface area contributed by atoms with Gasteiger partial charge in [0.05, 0.1) is 14.2 Å². The van der Waals surface area contributed by atoms with E-state index in [0.29, 0.717) is 12.0 Å². The minimum Gasteiger partial charge on any atom is -0.464 e. The molecular weight excluding hydrogens is 260 g/mol. The molecule has 0 N–H and O–H groups in total. The maximum Gasteiger partial charge on any atom is 0.358 e. The van der Waals surface area contributed by atoms with E-state index in [1.807, 2.05) is 0 Å². The Bertz CT molecular complexity index is 474. The van der Waals surface area contributed by atoms with Crippen LogP contribution in [0.1, 0.15) is 59.1 Å². The van der Waals surface area contributed by atoms with E-state index in [1.165, 1.54) is 14.2 Å². The Labute approximate surface area is 118 Å². The average molecular weight is 280 g/mol. The SMILES string of the molecule is CCCCCCc1cc(C(=O)OC)nnc1C(=O)OC. The van der Waals surface area contributed by atoms with Gasteiger partial charge in [0.2, 0.25) is 0 Å². The number of esters is 2. The van der Waals surface area contributed by atoms with Crippen LogP contribution in [0.5, 0.6) is 0 Å². The van der Waals surface area contributed by atoms with Crippen LogP contribution >= 0.6 is 0 Å². The third kappa shape index (κ3) is 4.29. The maximum absolute atomic E-state index is 11.6. The molecule has 0 unspecified atom stereocenters. The lowest BCUT2D eigenvalue weighted by atomic mass is 10.0. The van der Waals surface area contributed by atoms with Gasteiger partial charge in [0.25, 0.3) is 0 Å². The predicted octanol–water partition coefficient (Wildman–Crippen LogP) is 2.17. The molecule has 0 radical (unpaired) electrons. The van der Waals surface area contributed by atoms with Gasteiger partial charge in [-0.05, 0) is 24.5 Å². The second kappa shape index (κ2) is 8.24. The maximum atomic E-state index is 11.6. The number of methoxy groups -OCH3 is 2. The number of rotatable bonds is 7. The minimum absolute atomic E-state index is 0.102. The Morgan fingerprint density at radius 3 is 2.35 bits per heavy atom. The molecule has 0 saturated carbocycles. The molecule has 0 bridgehead atoms. The van der Waals surface area contributed by atoms with Crippen molar-refractivity contribution in [2.75, 3.05) is 14.2 Å². The third-order valence-corrected chi connectivity index (χ3v) is 2.95. The van der Waals surface area contributed by atoms with Crippen molar-refractivity contribution in [3.05, 3.63) is 23.0 Å². The molecule has 6 heteroatoms. The van der Waals surface area contributed by atoms with Crippen molar-refractivity contribution in [1.82, 2.24) is 10.2 Å². The molecule has 1 aromatic heterocycles. The molecule has 0 fully saturated rings. The van der Waals surface area contributed by atoms with E-state index >= 15 is 0 Å². The lowest BCUT2D eigenvalue weighted by Crippen LogP contribution is -2.14. The molecule has 0 saturated heterocycles. The molecule has 0 aromatic carbocycles. The Kier molecular flexibility index (Phi) is 6.63. The lowest BCUT2D eigenvalue weighted by molar-refractivity contribution is 0.0572. The van der Waals surface area contributed by atoms with E-state index in [9.17, 15) is 9.59 Å². The highest BCUT2D eigenvalue weighted by molar-refractivity contribution is 5.91. The number of aryl methyl sites for hydroxylation is 1. The first-order valence-electron chi connectivity index (χ1n) is 6.67. The van der Waals surface area contributed by atoms with E-state index in [1.54, 1.807) is 6.07 Å². The molecule has 0 aliphatic rings. The number of ether oxygens (including phenoxy) is 2. The van der Waals surface area contributed by atoms with E-state index in [2.05, 4.69) is 26.6 Å². The van der Waals surface area contributed by atoms with Crippen molar-refractivity contribution >= 4 is 11.9 Å². The monoisotopic (exact) mass is 280 g/mol. The topological polar surface area (TPSA) is 78.4 Å². The first-order chi connectivity index (χ1) is 9.63. The summed E-state index contributed by atoms with van der Waals surface area (Å²) in [5.74, 6) is -1.11. The zero-order chi connectivity index (χ0) is 15.0. The number of unbranched alkanes of at least 4 members (excludes halogenated alkanes) is 3. The average Bonchev–Trinajstić information content (AvgIpc) is 2.49. The number of aromatic nitrogens is 2. The lowest BCUT2D eigenvalue weighted by Gasteiger charge is -2.07. The molecule has 1 aromatic rings. The predicted molar refractivity (Wildman–Crippen MR) is 72.6 cm³/mol. The summed E-state index contributed by atoms with van der Waals surface area (Å²) in [6.07, 6.45) is 4.91. The number of hydrogen-bond donors (Lipinski definition) is 0. The van der Waals surface area contributed by atoms with Crippen molar-refractivity contribution in [3.8, 4) is 0 Å². The summed E-state index contributed by atoms with van der Waals surface area (Å²) in [7, 11) is 2.57. The molecule has 1 rings (SSSR count). The molecule has 0 aliphatic carbocycles. The van der Waals surface area contributed by atoms with Crippen LogP contribution in [-0.4, -0.2) is 36.4 Å². The summed E-state index contributed by atoms with van der Waals surface area (Å²) in [6, 6.07) is 1.55. The summed E-state index contributed by atoms with van der Waals surface area (Å²) >= 11 is 0. The molecule has 6 nitrogen and oxygen atoms in total. The number of carbonyl (C=O) groups excluding carboxylic acids is 2. The van der Waals surface area contributed by atoms with Crippen LogP contribution in [0.15, 0.2) is 6.07 Å². The van der Waals surface area contributed by atoms with Crippen LogP contribution in [0.4, 0.5) is 0 Å². The second-order valence-corrected chi connectivity index (χ2v) is 4.40. The molecule has 0 aliphatic heterocycles. The van der Waals surface area contributed by atoms with Gasteiger partial charge in [0.1, 0.15) is 0 Å². The zero-order valence-electron chi connectivity index (χ0n) is 12.1. The van der Waals surface area contributed by atoms with Crippen LogP contribution in [-0.2, 0) is 15.9 Å². The fourth-order valence-electron chi connectivity index (χ4n) is 1.84. The molecule has 110 valence electrons. The number of nitrogens with zero attached hydrogens (tertiary/aromatic N) is 2. The fraction of sp³-hybridized carbons (Fsp3) is 0.571. The smallest absolute Gasteiger partial charge is 0.358 e. The van der Waals surface area contributed by atoms with Crippen LogP contribution in [0.25, 0.3) is 0 Å². The molecular formula is C14H20N2O4. The Morgan fingerprint density at radius 2 is 1.75 bits per heavy atom. The van der Waals surface area contributed by atoms with Gasteiger partial charge in [-0.15, -0.1) is 10.2 Å². The second-order valence-electron chi connectivity index (χ2n) is 4.40. The summed E-state index contributed by atoms with van der Waals surface area (Å²) in [6.45, 7) is 2.13. The number of hydrogen-bond acceptors (Lipinski definition) is 6. The summed E-state index contributed by atoms with van der Waals surface area (Å²) in [4.78, 5) is 23.1. The standard InChI is InChI=1S/C14H20N2O4/c1-4-5-6-7-8-10-9-11(13(17)19-2)15-16-12(10)14(18)20-3/h9H,4-8H2,1-3H3. The van der Waals surface area contributed by atoms with Crippen molar-refractivity contribution in [2.45, 2.75) is 39.0 Å². The Balaban J connectivity index is 2.94. The highest BCUT2D eigenvalue weighted by Crippen LogP contribution is 2.14. The molecule has 0 spiro atoms. The van der Waals surface area contributed by atoms with Gasteiger partial charge in [-0.3, -0.25) is 0 Å². The third-order valence-electron chi connectivity index (χ3n) is 2.95. The number of carbonyl (C=O) groups is 2. The van der Waals surface area contributed by atoms with Crippen LogP contribution in [0.3, 0.4) is 0 Å². The first-order valence-corrected chi connectivity index (χ1v) is 6.67. The quantitative estimate of drug-likeness (QED) is 0.562. The van der Waals surface area contributed by atoms with Crippen LogP contribution in [0, 0.1) is 0 Å². The van der Waals surface area contributed by atoms with E-state index < -0.39 is 11.9 Å². The van der Waals surface area contributed by atoms with Gasteiger partial charge in [-0.1, -0.05) is 26.2 Å². The largest absolute Gasteiger partial charge is 0.464 e. The summed E-state index contributed by atoms with van der Waals surface area (Å²) in [5.41, 5.74) is 0.936. The Morgan fingerprint density at radius 1 is 1.05 bits per heavy atom. The summed E-state index contributed by atoms with van der Waals surface area (Å²) < 4.78 is 9.28. The fourth-order valence-corrected chi connectivity index (χ4v) is 1.84. The van der Waals surface area contributed by atoms with Gasteiger partial charge in [0.15, 0.2) is 11.4 Å². The highest BCUT2D eigenvalue weighted by atomic mass is 16.5. The van der Waals surface area contributed by atoms with Gasteiger partial charge in [-0.2, -0.15) is 0 Å².